The molecule has 5 nitrogen and oxygen atoms in total. The zero-order chi connectivity index (χ0) is 14.2. The van der Waals surface area contributed by atoms with Crippen molar-refractivity contribution in [3.63, 3.8) is 0 Å². The van der Waals surface area contributed by atoms with Crippen molar-refractivity contribution in [2.24, 2.45) is 7.05 Å². The van der Waals surface area contributed by atoms with E-state index in [-0.39, 0.29) is 5.69 Å². The summed E-state index contributed by atoms with van der Waals surface area (Å²) in [7, 11) is 3.33. The van der Waals surface area contributed by atoms with Gasteiger partial charge in [0.2, 0.25) is 0 Å². The Balaban J connectivity index is 2.63. The van der Waals surface area contributed by atoms with Gasteiger partial charge in [-0.2, -0.15) is 5.10 Å². The Kier molecular flexibility index (Phi) is 3.29. The third-order valence-electron chi connectivity index (χ3n) is 3.01. The number of nitrogens with zero attached hydrogens (tertiary/aromatic N) is 2. The molecule has 0 saturated heterocycles. The molecule has 0 unspecified atom stereocenters. The van der Waals surface area contributed by atoms with Crippen LogP contribution in [0.15, 0.2) is 18.3 Å². The fraction of sp³-hybridized carbons (Fsp3) is 0.286. The van der Waals surface area contributed by atoms with E-state index in [9.17, 15) is 9.90 Å². The second-order valence-corrected chi connectivity index (χ2v) is 4.51. The van der Waals surface area contributed by atoms with Crippen LogP contribution in [0, 0.1) is 13.8 Å². The van der Waals surface area contributed by atoms with E-state index in [0.29, 0.717) is 5.56 Å². The lowest BCUT2D eigenvalue weighted by Crippen LogP contribution is -2.01. The summed E-state index contributed by atoms with van der Waals surface area (Å²) >= 11 is 0. The van der Waals surface area contributed by atoms with Gasteiger partial charge in [0.15, 0.2) is 5.69 Å². The third kappa shape index (κ3) is 2.31. The maximum atomic E-state index is 11.2. The van der Waals surface area contributed by atoms with Crippen molar-refractivity contribution in [3.8, 4) is 16.9 Å². The molecular weight excluding hydrogens is 244 g/mol. The first-order chi connectivity index (χ1) is 8.93. The molecule has 100 valence electrons. The summed E-state index contributed by atoms with van der Waals surface area (Å²) in [6.45, 7) is 3.87. The largest absolute Gasteiger partial charge is 0.496 e. The fourth-order valence-corrected chi connectivity index (χ4v) is 2.29. The number of carbonyl (C=O) groups is 1. The number of aryl methyl sites for hydroxylation is 3. The molecule has 1 aromatic heterocycles. The van der Waals surface area contributed by atoms with E-state index in [0.717, 1.165) is 22.4 Å². The number of ether oxygens (including phenoxy) is 1. The molecule has 2 aromatic rings. The number of carboxylic acid groups (broad SMARTS) is 1. The first-order valence-electron chi connectivity index (χ1n) is 5.86. The molecule has 0 amide bonds. The Bertz CT molecular complexity index is 621. The average Bonchev–Trinajstić information content (AvgIpc) is 2.71. The lowest BCUT2D eigenvalue weighted by molar-refractivity contribution is 0.0690. The summed E-state index contributed by atoms with van der Waals surface area (Å²) in [6, 6.07) is 3.82. The van der Waals surface area contributed by atoms with E-state index in [1.807, 2.05) is 26.0 Å². The van der Waals surface area contributed by atoms with Crippen LogP contribution in [0.5, 0.6) is 5.75 Å². The predicted octanol–water partition coefficient (Wildman–Crippen LogP) is 2.41. The number of benzene rings is 1. The van der Waals surface area contributed by atoms with E-state index >= 15 is 0 Å². The van der Waals surface area contributed by atoms with Gasteiger partial charge in [0.25, 0.3) is 0 Å². The number of rotatable bonds is 3. The Morgan fingerprint density at radius 2 is 1.89 bits per heavy atom. The molecule has 0 aliphatic carbocycles. The van der Waals surface area contributed by atoms with Crippen molar-refractivity contribution in [3.05, 3.63) is 35.2 Å². The Hall–Kier alpha value is -2.30. The topological polar surface area (TPSA) is 64.4 Å². The SMILES string of the molecule is COc1c(C)cc(-c2cn(C)nc2C(=O)O)cc1C. The van der Waals surface area contributed by atoms with E-state index in [2.05, 4.69) is 5.10 Å². The van der Waals surface area contributed by atoms with Crippen LogP contribution in [0.4, 0.5) is 0 Å². The molecule has 2 rings (SSSR count). The molecule has 19 heavy (non-hydrogen) atoms. The molecular formula is C14H16N2O3. The molecule has 0 bridgehead atoms. The molecule has 0 atom stereocenters. The second kappa shape index (κ2) is 4.76. The van der Waals surface area contributed by atoms with Crippen LogP contribution in [-0.4, -0.2) is 28.0 Å². The smallest absolute Gasteiger partial charge is 0.357 e. The third-order valence-corrected chi connectivity index (χ3v) is 3.01. The van der Waals surface area contributed by atoms with Crippen LogP contribution in [0.2, 0.25) is 0 Å². The van der Waals surface area contributed by atoms with Crippen molar-refractivity contribution < 1.29 is 14.6 Å². The minimum absolute atomic E-state index is 0.0615. The van der Waals surface area contributed by atoms with Crippen molar-refractivity contribution in [2.45, 2.75) is 13.8 Å². The minimum atomic E-state index is -1.03. The molecule has 1 heterocycles. The predicted molar refractivity (Wildman–Crippen MR) is 71.6 cm³/mol. The number of aromatic carboxylic acids is 1. The first kappa shape index (κ1) is 13.1. The molecule has 0 radical (unpaired) electrons. The van der Waals surface area contributed by atoms with Crippen LogP contribution in [0.3, 0.4) is 0 Å². The van der Waals surface area contributed by atoms with Gasteiger partial charge in [-0.1, -0.05) is 0 Å². The monoisotopic (exact) mass is 260 g/mol. The number of hydrogen-bond acceptors (Lipinski definition) is 3. The van der Waals surface area contributed by atoms with E-state index in [1.165, 1.54) is 4.68 Å². The Labute approximate surface area is 111 Å². The van der Waals surface area contributed by atoms with Crippen molar-refractivity contribution >= 4 is 5.97 Å². The second-order valence-electron chi connectivity index (χ2n) is 4.51. The van der Waals surface area contributed by atoms with E-state index in [4.69, 9.17) is 4.74 Å². The maximum absolute atomic E-state index is 11.2. The summed E-state index contributed by atoms with van der Waals surface area (Å²) in [6.07, 6.45) is 1.71. The van der Waals surface area contributed by atoms with Crippen molar-refractivity contribution in [1.29, 1.82) is 0 Å². The van der Waals surface area contributed by atoms with Gasteiger partial charge in [0.1, 0.15) is 5.75 Å². The van der Waals surface area contributed by atoms with Gasteiger partial charge >= 0.3 is 5.97 Å². The zero-order valence-electron chi connectivity index (χ0n) is 11.4. The molecule has 0 aliphatic heterocycles. The Morgan fingerprint density at radius 3 is 2.37 bits per heavy atom. The van der Waals surface area contributed by atoms with Gasteiger partial charge in [-0.15, -0.1) is 0 Å². The van der Waals surface area contributed by atoms with Crippen LogP contribution in [-0.2, 0) is 7.05 Å². The molecule has 0 saturated carbocycles. The highest BCUT2D eigenvalue weighted by atomic mass is 16.5. The van der Waals surface area contributed by atoms with Crippen LogP contribution in [0.1, 0.15) is 21.6 Å². The number of carboxylic acids is 1. The van der Waals surface area contributed by atoms with Crippen molar-refractivity contribution in [2.75, 3.05) is 7.11 Å². The molecule has 0 aliphatic rings. The van der Waals surface area contributed by atoms with Crippen molar-refractivity contribution in [1.82, 2.24) is 9.78 Å². The number of hydrogen-bond donors (Lipinski definition) is 1. The standard InChI is InChI=1S/C14H16N2O3/c1-8-5-10(6-9(2)13(8)19-4)11-7-16(3)15-12(11)14(17)18/h5-7H,1-4H3,(H,17,18). The lowest BCUT2D eigenvalue weighted by Gasteiger charge is -2.10. The average molecular weight is 260 g/mol. The van der Waals surface area contributed by atoms with Crippen LogP contribution >= 0.6 is 0 Å². The summed E-state index contributed by atoms with van der Waals surface area (Å²) in [4.78, 5) is 11.2. The normalized spacial score (nSPS) is 10.5. The van der Waals surface area contributed by atoms with Gasteiger partial charge in [0, 0.05) is 18.8 Å². The quantitative estimate of drug-likeness (QED) is 0.920. The number of methoxy groups -OCH3 is 1. The summed E-state index contributed by atoms with van der Waals surface area (Å²) in [5.41, 5.74) is 3.45. The number of aromatic nitrogens is 2. The first-order valence-corrected chi connectivity index (χ1v) is 5.86. The summed E-state index contributed by atoms with van der Waals surface area (Å²) < 4.78 is 6.82. The fourth-order valence-electron chi connectivity index (χ4n) is 2.29. The lowest BCUT2D eigenvalue weighted by atomic mass is 10.00. The summed E-state index contributed by atoms with van der Waals surface area (Å²) in [5.74, 6) is -0.203. The molecule has 0 fully saturated rings. The molecule has 5 heteroatoms. The maximum Gasteiger partial charge on any atom is 0.357 e. The van der Waals surface area contributed by atoms with Gasteiger partial charge in [-0.3, -0.25) is 4.68 Å². The van der Waals surface area contributed by atoms with Gasteiger partial charge in [-0.05, 0) is 42.7 Å². The highest BCUT2D eigenvalue weighted by Crippen LogP contribution is 2.31. The summed E-state index contributed by atoms with van der Waals surface area (Å²) in [5, 5.41) is 13.2. The van der Waals surface area contributed by atoms with Crippen LogP contribution < -0.4 is 4.74 Å². The van der Waals surface area contributed by atoms with Crippen LogP contribution in [0.25, 0.3) is 11.1 Å². The zero-order valence-corrected chi connectivity index (χ0v) is 11.4. The highest BCUT2D eigenvalue weighted by Gasteiger charge is 2.17. The van der Waals surface area contributed by atoms with E-state index < -0.39 is 5.97 Å². The molecule has 1 N–H and O–H groups in total. The van der Waals surface area contributed by atoms with E-state index in [1.54, 1.807) is 20.4 Å². The minimum Gasteiger partial charge on any atom is -0.496 e. The molecule has 1 aromatic carbocycles. The van der Waals surface area contributed by atoms with Gasteiger partial charge in [-0.25, -0.2) is 4.79 Å². The van der Waals surface area contributed by atoms with Gasteiger partial charge in [0.05, 0.1) is 7.11 Å². The highest BCUT2D eigenvalue weighted by molar-refractivity contribution is 5.94. The van der Waals surface area contributed by atoms with Gasteiger partial charge < -0.3 is 9.84 Å². The molecule has 0 spiro atoms. The Morgan fingerprint density at radius 1 is 1.32 bits per heavy atom.